The second-order valence-corrected chi connectivity index (χ2v) is 2.46. The van der Waals surface area contributed by atoms with E-state index in [4.69, 9.17) is 11.5 Å². The van der Waals surface area contributed by atoms with E-state index in [1.54, 1.807) is 0 Å². The molecule has 0 atom stereocenters. The zero-order valence-corrected chi connectivity index (χ0v) is 10.2. The van der Waals surface area contributed by atoms with Gasteiger partial charge in [-0.2, -0.15) is 0 Å². The molecule has 0 aliphatic heterocycles. The van der Waals surface area contributed by atoms with Crippen LogP contribution in [0.4, 0.5) is 0 Å². The van der Waals surface area contributed by atoms with Gasteiger partial charge in [0.1, 0.15) is 0 Å². The van der Waals surface area contributed by atoms with Crippen LogP contribution in [0, 0.1) is 0 Å². The molecule has 1 radical (unpaired) electrons. The van der Waals surface area contributed by atoms with Crippen molar-refractivity contribution in [3.63, 3.8) is 0 Å². The van der Waals surface area contributed by atoms with E-state index in [9.17, 15) is 0 Å². The van der Waals surface area contributed by atoms with Crippen LogP contribution in [-0.2, 0) is 42.3 Å². The summed E-state index contributed by atoms with van der Waals surface area (Å²) in [5, 5.41) is 0.495. The molecule has 0 aromatic rings. The van der Waals surface area contributed by atoms with Gasteiger partial charge in [-0.05, 0) is 24.2 Å². The molecule has 0 rings (SSSR count). The van der Waals surface area contributed by atoms with Gasteiger partial charge in [-0.3, -0.25) is 9.98 Å². The minimum atomic E-state index is 0. The molecule has 0 bridgehead atoms. The van der Waals surface area contributed by atoms with Gasteiger partial charge in [0.25, 0.3) is 0 Å². The standard InChI is InChI=1S/2C3H8N2S.Cu/c2*1-2-5-3(4)6;/h2*2H2,1H3,(H3,4,5,6);/q;;+2/p-2. The average molecular weight is 270 g/mol. The smallest absolute Gasteiger partial charge is 0.743 e. The minimum absolute atomic E-state index is 0. The number of hydrogen-bond acceptors (Lipinski definition) is 4. The summed E-state index contributed by atoms with van der Waals surface area (Å²) in [5.74, 6) is 0. The molecule has 7 heteroatoms. The molecule has 0 aromatic carbocycles. The van der Waals surface area contributed by atoms with Crippen LogP contribution in [0.1, 0.15) is 13.8 Å². The quantitative estimate of drug-likeness (QED) is 0.313. The van der Waals surface area contributed by atoms with Gasteiger partial charge in [0.2, 0.25) is 0 Å². The molecule has 4 N–H and O–H groups in total. The number of hydrogen-bond donors (Lipinski definition) is 2. The summed E-state index contributed by atoms with van der Waals surface area (Å²) in [6, 6.07) is 0. The topological polar surface area (TPSA) is 76.8 Å². The number of rotatable bonds is 2. The summed E-state index contributed by atoms with van der Waals surface area (Å²) in [6.07, 6.45) is 0. The predicted octanol–water partition coefficient (Wildman–Crippen LogP) is -0.267. The fourth-order valence-corrected chi connectivity index (χ4v) is 0.570. The van der Waals surface area contributed by atoms with Gasteiger partial charge in [-0.25, -0.2) is 0 Å². The summed E-state index contributed by atoms with van der Waals surface area (Å²) in [6.45, 7) is 5.16. The van der Waals surface area contributed by atoms with Crippen molar-refractivity contribution >= 4 is 35.6 Å². The fourth-order valence-electron chi connectivity index (χ4n) is 0.312. The Labute approximate surface area is 101 Å². The van der Waals surface area contributed by atoms with Gasteiger partial charge < -0.3 is 36.7 Å². The molecular formula is C6H14CuN4S2. The normalized spacial score (nSPS) is 10.9. The van der Waals surface area contributed by atoms with Crippen molar-refractivity contribution in [2.24, 2.45) is 21.5 Å². The number of nitrogens with zero attached hydrogens (tertiary/aromatic N) is 2. The molecule has 0 aliphatic rings. The van der Waals surface area contributed by atoms with E-state index in [1.807, 2.05) is 13.8 Å². The molecule has 4 nitrogen and oxygen atoms in total. The van der Waals surface area contributed by atoms with Gasteiger partial charge in [0, 0.05) is 13.1 Å². The number of amidine groups is 2. The SMILES string of the molecule is CCN=C(N)[S-].CCN=C(N)[S-].[Cu+2]. The van der Waals surface area contributed by atoms with E-state index in [2.05, 4.69) is 35.2 Å². The third-order valence-corrected chi connectivity index (χ3v) is 0.886. The van der Waals surface area contributed by atoms with Crippen molar-refractivity contribution in [3.05, 3.63) is 0 Å². The van der Waals surface area contributed by atoms with Crippen molar-refractivity contribution in [2.75, 3.05) is 13.1 Å². The Morgan fingerprint density at radius 2 is 1.23 bits per heavy atom. The summed E-state index contributed by atoms with van der Waals surface area (Å²) in [5.41, 5.74) is 9.94. The monoisotopic (exact) mass is 269 g/mol. The molecular weight excluding hydrogens is 256 g/mol. The van der Waals surface area contributed by atoms with Crippen molar-refractivity contribution in [1.82, 2.24) is 0 Å². The fraction of sp³-hybridized carbons (Fsp3) is 0.667. The van der Waals surface area contributed by atoms with Gasteiger partial charge >= 0.3 is 17.1 Å². The second kappa shape index (κ2) is 14.4. The van der Waals surface area contributed by atoms with Crippen LogP contribution in [-0.4, -0.2) is 23.4 Å². The van der Waals surface area contributed by atoms with Crippen molar-refractivity contribution in [1.29, 1.82) is 0 Å². The molecule has 0 saturated heterocycles. The zero-order valence-electron chi connectivity index (χ0n) is 7.58. The minimum Gasteiger partial charge on any atom is -0.743 e. The average Bonchev–Trinajstić information content (AvgIpc) is 1.87. The Kier molecular flexibility index (Phi) is 20.7. The summed E-state index contributed by atoms with van der Waals surface area (Å²) < 4.78 is 0. The second-order valence-electron chi connectivity index (χ2n) is 1.63. The Balaban J connectivity index is -0.000000143. The van der Waals surface area contributed by atoms with Gasteiger partial charge in [-0.1, -0.05) is 0 Å². The molecule has 0 heterocycles. The maximum absolute atomic E-state index is 4.97. The molecule has 0 saturated carbocycles. The maximum Gasteiger partial charge on any atom is 2.00 e. The maximum atomic E-state index is 4.97. The first kappa shape index (κ1) is 18.6. The molecule has 0 fully saturated rings. The van der Waals surface area contributed by atoms with E-state index >= 15 is 0 Å². The Bertz CT molecular complexity index is 135. The van der Waals surface area contributed by atoms with Gasteiger partial charge in [0.05, 0.1) is 0 Å². The van der Waals surface area contributed by atoms with Crippen molar-refractivity contribution in [2.45, 2.75) is 13.8 Å². The zero-order chi connectivity index (χ0) is 9.98. The number of aliphatic imine (C=N–C) groups is 2. The van der Waals surface area contributed by atoms with Crippen LogP contribution in [0.5, 0.6) is 0 Å². The molecule has 0 aromatic heterocycles. The van der Waals surface area contributed by atoms with Crippen LogP contribution < -0.4 is 11.5 Å². The van der Waals surface area contributed by atoms with E-state index < -0.39 is 0 Å². The van der Waals surface area contributed by atoms with E-state index in [1.165, 1.54) is 0 Å². The van der Waals surface area contributed by atoms with Crippen LogP contribution >= 0.6 is 0 Å². The molecule has 0 aliphatic carbocycles. The van der Waals surface area contributed by atoms with Crippen molar-refractivity contribution < 1.29 is 17.1 Å². The van der Waals surface area contributed by atoms with E-state index in [-0.39, 0.29) is 27.4 Å². The Morgan fingerprint density at radius 1 is 1.00 bits per heavy atom. The van der Waals surface area contributed by atoms with E-state index in [0.29, 0.717) is 13.1 Å². The summed E-state index contributed by atoms with van der Waals surface area (Å²) in [4.78, 5) is 7.27. The van der Waals surface area contributed by atoms with Gasteiger partial charge in [0.15, 0.2) is 0 Å². The van der Waals surface area contributed by atoms with E-state index in [0.717, 1.165) is 0 Å². The molecule has 0 spiro atoms. The first-order valence-corrected chi connectivity index (χ1v) is 4.30. The Morgan fingerprint density at radius 3 is 1.23 bits per heavy atom. The van der Waals surface area contributed by atoms with Crippen LogP contribution in [0.25, 0.3) is 0 Å². The summed E-state index contributed by atoms with van der Waals surface area (Å²) >= 11 is 8.81. The third-order valence-electron chi connectivity index (χ3n) is 0.628. The first-order valence-electron chi connectivity index (χ1n) is 3.48. The van der Waals surface area contributed by atoms with Crippen LogP contribution in [0.3, 0.4) is 0 Å². The van der Waals surface area contributed by atoms with Gasteiger partial charge in [-0.15, -0.1) is 0 Å². The largest absolute Gasteiger partial charge is 2.00 e. The van der Waals surface area contributed by atoms with Crippen LogP contribution in [0.2, 0.25) is 0 Å². The predicted molar refractivity (Wildman–Crippen MR) is 59.1 cm³/mol. The summed E-state index contributed by atoms with van der Waals surface area (Å²) in [7, 11) is 0. The molecule has 0 amide bonds. The van der Waals surface area contributed by atoms with Crippen LogP contribution in [0.15, 0.2) is 9.98 Å². The Hall–Kier alpha value is -0.101. The molecule has 0 unspecified atom stereocenters. The van der Waals surface area contributed by atoms with Crippen molar-refractivity contribution in [3.8, 4) is 0 Å². The molecule has 81 valence electrons. The third kappa shape index (κ3) is 33.5. The first-order chi connectivity index (χ1) is 5.54. The molecule has 13 heavy (non-hydrogen) atoms. The number of nitrogens with two attached hydrogens (primary N) is 2.